The average molecular weight is 386 g/mol. The van der Waals surface area contributed by atoms with Crippen molar-refractivity contribution >= 4 is 23.1 Å². The van der Waals surface area contributed by atoms with Gasteiger partial charge in [-0.05, 0) is 32.9 Å². The molecule has 1 amide bonds. The van der Waals surface area contributed by atoms with Crippen LogP contribution >= 0.6 is 11.3 Å². The summed E-state index contributed by atoms with van der Waals surface area (Å²) in [7, 11) is 1.90. The van der Waals surface area contributed by atoms with Crippen molar-refractivity contribution in [3.8, 4) is 11.3 Å². The van der Waals surface area contributed by atoms with Crippen LogP contribution in [0.5, 0.6) is 0 Å². The van der Waals surface area contributed by atoms with E-state index in [0.717, 1.165) is 48.7 Å². The molecule has 27 heavy (non-hydrogen) atoms. The number of carbonyl (C=O) groups is 1. The molecule has 9 heteroatoms. The van der Waals surface area contributed by atoms with Crippen molar-refractivity contribution in [1.29, 1.82) is 0 Å². The molecule has 1 aliphatic heterocycles. The molecule has 1 saturated heterocycles. The van der Waals surface area contributed by atoms with Crippen LogP contribution < -0.4 is 5.32 Å². The second-order valence-electron chi connectivity index (χ2n) is 6.89. The number of aromatic nitrogens is 4. The number of anilines is 1. The Hall–Kier alpha value is -2.52. The molecule has 0 radical (unpaired) electrons. The Bertz CT molecular complexity index is 922. The first kappa shape index (κ1) is 17.9. The maximum atomic E-state index is 12.4. The van der Waals surface area contributed by atoms with Gasteiger partial charge in [0.05, 0.1) is 18.4 Å². The normalized spacial score (nSPS) is 15.9. The predicted molar refractivity (Wildman–Crippen MR) is 102 cm³/mol. The number of thiazole rings is 1. The van der Waals surface area contributed by atoms with Gasteiger partial charge in [-0.1, -0.05) is 5.16 Å². The van der Waals surface area contributed by atoms with Crippen LogP contribution in [-0.4, -0.2) is 43.8 Å². The summed E-state index contributed by atoms with van der Waals surface area (Å²) < 4.78 is 6.77. The summed E-state index contributed by atoms with van der Waals surface area (Å²) in [5.41, 5.74) is 2.01. The van der Waals surface area contributed by atoms with E-state index in [1.54, 1.807) is 29.0 Å². The summed E-state index contributed by atoms with van der Waals surface area (Å²) in [6.45, 7) is 4.40. The summed E-state index contributed by atoms with van der Waals surface area (Å²) in [4.78, 5) is 19.5. The molecular weight excluding hydrogens is 364 g/mol. The number of carbonyl (C=O) groups excluding carboxylic acids is 1. The van der Waals surface area contributed by atoms with Crippen LogP contribution in [0.15, 0.2) is 28.4 Å². The molecule has 8 nitrogen and oxygen atoms in total. The SMILES string of the molecule is Cc1cc(NC(=O)C2CCN(Cc3nc(-c4cnn(C)c4)cs3)CC2)no1. The Morgan fingerprint density at radius 2 is 2.22 bits per heavy atom. The molecule has 0 unspecified atom stereocenters. The largest absolute Gasteiger partial charge is 0.360 e. The third-order valence-electron chi connectivity index (χ3n) is 4.75. The molecule has 0 spiro atoms. The number of nitrogens with one attached hydrogen (secondary N) is 1. The van der Waals surface area contributed by atoms with Gasteiger partial charge in [0, 0.05) is 36.2 Å². The third kappa shape index (κ3) is 4.25. The van der Waals surface area contributed by atoms with E-state index in [0.29, 0.717) is 11.6 Å². The van der Waals surface area contributed by atoms with Crippen molar-refractivity contribution in [1.82, 2.24) is 24.8 Å². The fraction of sp³-hybridized carbons (Fsp3) is 0.444. The third-order valence-corrected chi connectivity index (χ3v) is 5.58. The molecule has 0 aromatic carbocycles. The molecule has 0 saturated carbocycles. The number of hydrogen-bond donors (Lipinski definition) is 1. The number of hydrogen-bond acceptors (Lipinski definition) is 7. The zero-order chi connectivity index (χ0) is 18.8. The van der Waals surface area contributed by atoms with E-state index in [4.69, 9.17) is 9.51 Å². The lowest BCUT2D eigenvalue weighted by atomic mass is 9.96. The topological polar surface area (TPSA) is 89.1 Å². The minimum Gasteiger partial charge on any atom is -0.360 e. The van der Waals surface area contributed by atoms with Crippen molar-refractivity contribution in [2.45, 2.75) is 26.3 Å². The lowest BCUT2D eigenvalue weighted by molar-refractivity contribution is -0.121. The summed E-state index contributed by atoms with van der Waals surface area (Å²) in [5.74, 6) is 1.22. The van der Waals surface area contributed by atoms with E-state index in [1.165, 1.54) is 0 Å². The Balaban J connectivity index is 1.28. The highest BCUT2D eigenvalue weighted by molar-refractivity contribution is 7.09. The molecule has 142 valence electrons. The van der Waals surface area contributed by atoms with Gasteiger partial charge in [-0.15, -0.1) is 11.3 Å². The molecule has 0 atom stereocenters. The van der Waals surface area contributed by atoms with Crippen molar-refractivity contribution in [2.75, 3.05) is 18.4 Å². The van der Waals surface area contributed by atoms with Crippen molar-refractivity contribution < 1.29 is 9.32 Å². The summed E-state index contributed by atoms with van der Waals surface area (Å²) >= 11 is 1.67. The second-order valence-corrected chi connectivity index (χ2v) is 7.83. The molecule has 4 heterocycles. The van der Waals surface area contributed by atoms with E-state index in [-0.39, 0.29) is 11.8 Å². The minimum absolute atomic E-state index is 0.0144. The molecule has 3 aromatic heterocycles. The van der Waals surface area contributed by atoms with Crippen LogP contribution in [-0.2, 0) is 18.4 Å². The van der Waals surface area contributed by atoms with E-state index in [9.17, 15) is 4.79 Å². The average Bonchev–Trinajstić information content (AvgIpc) is 3.37. The molecule has 1 aliphatic rings. The zero-order valence-electron chi connectivity index (χ0n) is 15.4. The Morgan fingerprint density at radius 3 is 2.89 bits per heavy atom. The van der Waals surface area contributed by atoms with Crippen LogP contribution in [0.3, 0.4) is 0 Å². The molecule has 1 N–H and O–H groups in total. The first-order valence-electron chi connectivity index (χ1n) is 8.97. The number of nitrogens with zero attached hydrogens (tertiary/aromatic N) is 5. The smallest absolute Gasteiger partial charge is 0.228 e. The molecular formula is C18H22N6O2S. The zero-order valence-corrected chi connectivity index (χ0v) is 16.2. The minimum atomic E-state index is 0.0144. The maximum Gasteiger partial charge on any atom is 0.228 e. The fourth-order valence-electron chi connectivity index (χ4n) is 3.27. The van der Waals surface area contributed by atoms with Crippen LogP contribution in [0.4, 0.5) is 5.82 Å². The highest BCUT2D eigenvalue weighted by Gasteiger charge is 2.26. The Kier molecular flexibility index (Phi) is 5.04. The molecule has 3 aromatic rings. The van der Waals surface area contributed by atoms with E-state index >= 15 is 0 Å². The number of piperidine rings is 1. The summed E-state index contributed by atoms with van der Waals surface area (Å²) in [5, 5.41) is 14.0. The first-order valence-corrected chi connectivity index (χ1v) is 9.85. The summed E-state index contributed by atoms with van der Waals surface area (Å²) in [6, 6.07) is 1.73. The monoisotopic (exact) mass is 386 g/mol. The Labute approximate surface area is 161 Å². The molecule has 4 rings (SSSR count). The maximum absolute atomic E-state index is 12.4. The van der Waals surface area contributed by atoms with Crippen LogP contribution in [0.2, 0.25) is 0 Å². The van der Waals surface area contributed by atoms with Crippen LogP contribution in [0.1, 0.15) is 23.6 Å². The van der Waals surface area contributed by atoms with Gasteiger partial charge >= 0.3 is 0 Å². The van der Waals surface area contributed by atoms with Gasteiger partial charge in [-0.3, -0.25) is 14.4 Å². The lowest BCUT2D eigenvalue weighted by Crippen LogP contribution is -2.37. The second kappa shape index (κ2) is 7.61. The fourth-order valence-corrected chi connectivity index (χ4v) is 4.11. The van der Waals surface area contributed by atoms with Gasteiger partial charge in [0.25, 0.3) is 0 Å². The van der Waals surface area contributed by atoms with Crippen molar-refractivity contribution in [3.63, 3.8) is 0 Å². The molecule has 0 bridgehead atoms. The van der Waals surface area contributed by atoms with E-state index in [1.807, 2.05) is 19.4 Å². The number of likely N-dealkylation sites (tertiary alicyclic amines) is 1. The lowest BCUT2D eigenvalue weighted by Gasteiger charge is -2.30. The first-order chi connectivity index (χ1) is 13.1. The number of rotatable bonds is 5. The standard InChI is InChI=1S/C18H22N6O2S/c1-12-7-16(22-26-12)21-18(25)13-3-5-24(6-4-13)10-17-20-15(11-27-17)14-8-19-23(2)9-14/h7-9,11,13H,3-6,10H2,1-2H3,(H,21,22,25). The quantitative estimate of drug-likeness (QED) is 0.725. The van der Waals surface area contributed by atoms with E-state index in [2.05, 4.69) is 25.9 Å². The van der Waals surface area contributed by atoms with Gasteiger partial charge in [-0.2, -0.15) is 5.10 Å². The highest BCUT2D eigenvalue weighted by Crippen LogP contribution is 2.25. The van der Waals surface area contributed by atoms with Crippen LogP contribution in [0.25, 0.3) is 11.3 Å². The van der Waals surface area contributed by atoms with Gasteiger partial charge in [0.2, 0.25) is 5.91 Å². The van der Waals surface area contributed by atoms with Gasteiger partial charge in [0.1, 0.15) is 10.8 Å². The summed E-state index contributed by atoms with van der Waals surface area (Å²) in [6.07, 6.45) is 5.48. The molecule has 1 fully saturated rings. The van der Waals surface area contributed by atoms with Gasteiger partial charge < -0.3 is 9.84 Å². The number of amides is 1. The van der Waals surface area contributed by atoms with Gasteiger partial charge in [0.15, 0.2) is 5.82 Å². The highest BCUT2D eigenvalue weighted by atomic mass is 32.1. The predicted octanol–water partition coefficient (Wildman–Crippen LogP) is 2.69. The number of aryl methyl sites for hydroxylation is 2. The van der Waals surface area contributed by atoms with Crippen LogP contribution in [0, 0.1) is 12.8 Å². The van der Waals surface area contributed by atoms with Crippen molar-refractivity contribution in [3.05, 3.63) is 34.6 Å². The van der Waals surface area contributed by atoms with Gasteiger partial charge in [-0.25, -0.2) is 4.98 Å². The van der Waals surface area contributed by atoms with Crippen molar-refractivity contribution in [2.24, 2.45) is 13.0 Å². The Morgan fingerprint density at radius 1 is 1.41 bits per heavy atom. The van der Waals surface area contributed by atoms with E-state index < -0.39 is 0 Å². The molecule has 0 aliphatic carbocycles.